The van der Waals surface area contributed by atoms with Crippen molar-refractivity contribution in [1.29, 1.82) is 0 Å². The second-order valence-electron chi connectivity index (χ2n) is 8.47. The van der Waals surface area contributed by atoms with Crippen molar-refractivity contribution in [3.8, 4) is 11.4 Å². The third-order valence-electron chi connectivity index (χ3n) is 6.36. The molecule has 0 spiro atoms. The molecule has 0 radical (unpaired) electrons. The molecule has 0 saturated carbocycles. The van der Waals surface area contributed by atoms with E-state index in [2.05, 4.69) is 20.2 Å². The van der Waals surface area contributed by atoms with E-state index in [9.17, 15) is 4.79 Å². The zero-order chi connectivity index (χ0) is 21.9. The molecule has 0 aliphatic carbocycles. The number of carbonyl (C=O) groups excluding carboxylic acids is 1. The van der Waals surface area contributed by atoms with Gasteiger partial charge >= 0.3 is 0 Å². The molecule has 8 heteroatoms. The Morgan fingerprint density at radius 1 is 1.09 bits per heavy atom. The van der Waals surface area contributed by atoms with Crippen molar-refractivity contribution < 1.29 is 9.53 Å². The van der Waals surface area contributed by atoms with Gasteiger partial charge in [0.05, 0.1) is 6.20 Å². The van der Waals surface area contributed by atoms with Gasteiger partial charge in [-0.2, -0.15) is 0 Å². The lowest BCUT2D eigenvalue weighted by atomic mass is 9.96. The van der Waals surface area contributed by atoms with Gasteiger partial charge in [-0.1, -0.05) is 30.3 Å². The predicted octanol–water partition coefficient (Wildman–Crippen LogP) is 2.78. The molecule has 2 saturated heterocycles. The molecule has 166 valence electrons. The lowest BCUT2D eigenvalue weighted by molar-refractivity contribution is 0.0845. The number of anilines is 1. The number of benzene rings is 1. The van der Waals surface area contributed by atoms with Crippen molar-refractivity contribution in [2.45, 2.75) is 31.2 Å². The minimum absolute atomic E-state index is 0.0490. The van der Waals surface area contributed by atoms with Gasteiger partial charge in [0.25, 0.3) is 5.91 Å². The molecule has 1 unspecified atom stereocenters. The number of amides is 1. The summed E-state index contributed by atoms with van der Waals surface area (Å²) in [7, 11) is 1.88. The third kappa shape index (κ3) is 4.23. The molecule has 1 aromatic carbocycles. The summed E-state index contributed by atoms with van der Waals surface area (Å²) >= 11 is 0. The van der Waals surface area contributed by atoms with Crippen molar-refractivity contribution in [3.05, 3.63) is 60.2 Å². The quantitative estimate of drug-likeness (QED) is 0.667. The molecule has 5 rings (SSSR count). The van der Waals surface area contributed by atoms with E-state index < -0.39 is 0 Å². The fourth-order valence-electron chi connectivity index (χ4n) is 4.53. The maximum atomic E-state index is 12.9. The SMILES string of the molecule is Cn1c(C(=O)NC2CCN(c3nccc(C4CCOCC4)n3)C2)cnc1-c1ccccc1. The third-order valence-corrected chi connectivity index (χ3v) is 6.36. The molecule has 2 aromatic heterocycles. The van der Waals surface area contributed by atoms with Crippen LogP contribution in [0.4, 0.5) is 5.95 Å². The van der Waals surface area contributed by atoms with Gasteiger partial charge in [0.15, 0.2) is 0 Å². The number of imidazole rings is 1. The van der Waals surface area contributed by atoms with Crippen molar-refractivity contribution >= 4 is 11.9 Å². The molecule has 1 atom stereocenters. The van der Waals surface area contributed by atoms with E-state index in [1.807, 2.05) is 54.2 Å². The normalized spacial score (nSPS) is 19.3. The summed E-state index contributed by atoms with van der Waals surface area (Å²) in [5.41, 5.74) is 2.64. The number of nitrogens with zero attached hydrogens (tertiary/aromatic N) is 5. The molecule has 3 aromatic rings. The van der Waals surface area contributed by atoms with E-state index in [0.717, 1.165) is 62.1 Å². The number of carbonyl (C=O) groups is 1. The zero-order valence-corrected chi connectivity index (χ0v) is 18.3. The van der Waals surface area contributed by atoms with Crippen LogP contribution >= 0.6 is 0 Å². The maximum absolute atomic E-state index is 12.9. The Balaban J connectivity index is 1.23. The smallest absolute Gasteiger partial charge is 0.269 e. The number of nitrogens with one attached hydrogen (secondary N) is 1. The topological polar surface area (TPSA) is 85.2 Å². The van der Waals surface area contributed by atoms with Crippen molar-refractivity contribution in [3.63, 3.8) is 0 Å². The van der Waals surface area contributed by atoms with E-state index in [1.165, 1.54) is 0 Å². The van der Waals surface area contributed by atoms with Crippen LogP contribution in [-0.4, -0.2) is 57.8 Å². The highest BCUT2D eigenvalue weighted by molar-refractivity contribution is 5.93. The zero-order valence-electron chi connectivity index (χ0n) is 18.3. The number of rotatable bonds is 5. The number of aromatic nitrogens is 4. The van der Waals surface area contributed by atoms with Crippen LogP contribution in [0.25, 0.3) is 11.4 Å². The van der Waals surface area contributed by atoms with Crippen LogP contribution in [0.3, 0.4) is 0 Å². The summed E-state index contributed by atoms with van der Waals surface area (Å²) in [6, 6.07) is 12.0. The number of ether oxygens (including phenoxy) is 1. The standard InChI is InChI=1S/C24H28N6O2/c1-29-21(15-26-22(29)18-5-3-2-4-6-18)23(31)27-19-8-12-30(16-19)24-25-11-7-20(28-24)17-9-13-32-14-10-17/h2-7,11,15,17,19H,8-10,12-14,16H2,1H3,(H,27,31). The van der Waals surface area contributed by atoms with Crippen molar-refractivity contribution in [2.24, 2.45) is 7.05 Å². The minimum atomic E-state index is -0.106. The highest BCUT2D eigenvalue weighted by Gasteiger charge is 2.28. The van der Waals surface area contributed by atoms with Crippen LogP contribution in [0, 0.1) is 0 Å². The molecule has 8 nitrogen and oxygen atoms in total. The number of hydrogen-bond acceptors (Lipinski definition) is 6. The summed E-state index contributed by atoms with van der Waals surface area (Å²) in [5, 5.41) is 3.16. The van der Waals surface area contributed by atoms with Crippen LogP contribution in [0.2, 0.25) is 0 Å². The fourth-order valence-corrected chi connectivity index (χ4v) is 4.53. The molecule has 1 N–H and O–H groups in total. The van der Waals surface area contributed by atoms with E-state index in [-0.39, 0.29) is 11.9 Å². The summed E-state index contributed by atoms with van der Waals surface area (Å²) in [5.74, 6) is 1.86. The Kier molecular flexibility index (Phi) is 5.85. The van der Waals surface area contributed by atoms with Gasteiger partial charge < -0.3 is 19.5 Å². The van der Waals surface area contributed by atoms with Crippen LogP contribution in [0.5, 0.6) is 0 Å². The monoisotopic (exact) mass is 432 g/mol. The fraction of sp³-hybridized carbons (Fsp3) is 0.417. The lowest BCUT2D eigenvalue weighted by Gasteiger charge is -2.23. The molecule has 2 aliphatic heterocycles. The minimum Gasteiger partial charge on any atom is -0.381 e. The molecule has 4 heterocycles. The molecule has 32 heavy (non-hydrogen) atoms. The van der Waals surface area contributed by atoms with E-state index in [0.29, 0.717) is 18.2 Å². The molecule has 1 amide bonds. The van der Waals surface area contributed by atoms with Crippen molar-refractivity contribution in [1.82, 2.24) is 24.8 Å². The van der Waals surface area contributed by atoms with Gasteiger partial charge in [0.2, 0.25) is 5.95 Å². The highest BCUT2D eigenvalue weighted by atomic mass is 16.5. The van der Waals surface area contributed by atoms with Crippen LogP contribution in [0.1, 0.15) is 41.4 Å². The first kappa shape index (κ1) is 20.6. The largest absolute Gasteiger partial charge is 0.381 e. The van der Waals surface area contributed by atoms with E-state index in [1.54, 1.807) is 6.20 Å². The first-order valence-electron chi connectivity index (χ1n) is 11.2. The summed E-state index contributed by atoms with van der Waals surface area (Å²) in [6.45, 7) is 3.11. The molecule has 2 fully saturated rings. The predicted molar refractivity (Wildman–Crippen MR) is 122 cm³/mol. The van der Waals surface area contributed by atoms with Gasteiger partial charge in [0.1, 0.15) is 11.5 Å². The Hall–Kier alpha value is -3.26. The van der Waals surface area contributed by atoms with Gasteiger partial charge in [-0.25, -0.2) is 15.0 Å². The van der Waals surface area contributed by atoms with Gasteiger partial charge in [0, 0.05) is 62.8 Å². The average molecular weight is 433 g/mol. The van der Waals surface area contributed by atoms with Crippen LogP contribution in [0.15, 0.2) is 48.8 Å². The highest BCUT2D eigenvalue weighted by Crippen LogP contribution is 2.27. The average Bonchev–Trinajstić information content (AvgIpc) is 3.47. The van der Waals surface area contributed by atoms with Crippen LogP contribution < -0.4 is 10.2 Å². The molecular formula is C24H28N6O2. The Morgan fingerprint density at radius 2 is 1.91 bits per heavy atom. The first-order chi connectivity index (χ1) is 15.7. The Morgan fingerprint density at radius 3 is 2.72 bits per heavy atom. The molecular weight excluding hydrogens is 404 g/mol. The summed E-state index contributed by atoms with van der Waals surface area (Å²) in [6.07, 6.45) is 6.36. The van der Waals surface area contributed by atoms with Crippen molar-refractivity contribution in [2.75, 3.05) is 31.2 Å². The van der Waals surface area contributed by atoms with E-state index in [4.69, 9.17) is 9.72 Å². The molecule has 2 aliphatic rings. The van der Waals surface area contributed by atoms with Gasteiger partial charge in [-0.3, -0.25) is 4.79 Å². The van der Waals surface area contributed by atoms with Crippen LogP contribution in [-0.2, 0) is 11.8 Å². The van der Waals surface area contributed by atoms with E-state index >= 15 is 0 Å². The van der Waals surface area contributed by atoms with Gasteiger partial charge in [-0.05, 0) is 25.3 Å². The second-order valence-corrected chi connectivity index (χ2v) is 8.47. The summed E-state index contributed by atoms with van der Waals surface area (Å²) < 4.78 is 7.32. The molecule has 0 bridgehead atoms. The summed E-state index contributed by atoms with van der Waals surface area (Å²) in [4.78, 5) is 28.9. The lowest BCUT2D eigenvalue weighted by Crippen LogP contribution is -2.38. The number of hydrogen-bond donors (Lipinski definition) is 1. The first-order valence-corrected chi connectivity index (χ1v) is 11.2. The Labute approximate surface area is 187 Å². The van der Waals surface area contributed by atoms with Gasteiger partial charge in [-0.15, -0.1) is 0 Å². The Bertz CT molecular complexity index is 1080. The maximum Gasteiger partial charge on any atom is 0.269 e. The second kappa shape index (κ2) is 9.08.